The summed E-state index contributed by atoms with van der Waals surface area (Å²) in [5.41, 5.74) is 5.78. The quantitative estimate of drug-likeness (QED) is 0.312. The monoisotopic (exact) mass is 301 g/mol. The van der Waals surface area contributed by atoms with Crippen LogP contribution in [-0.4, -0.2) is 25.2 Å². The fourth-order valence-electron chi connectivity index (χ4n) is 1.75. The first-order valence-corrected chi connectivity index (χ1v) is 7.80. The Bertz CT molecular complexity index is 627. The molecule has 0 aliphatic heterocycles. The van der Waals surface area contributed by atoms with Crippen LogP contribution in [0, 0.1) is 11.7 Å². The van der Waals surface area contributed by atoms with Crippen LogP contribution < -0.4 is 10.5 Å². The largest absolute Gasteiger partial charge is 0.409 e. The van der Waals surface area contributed by atoms with Gasteiger partial charge in [-0.05, 0) is 24.8 Å². The molecule has 1 fully saturated rings. The van der Waals surface area contributed by atoms with E-state index >= 15 is 0 Å². The van der Waals surface area contributed by atoms with Crippen LogP contribution in [0.5, 0.6) is 0 Å². The number of benzene rings is 1. The zero-order chi connectivity index (χ0) is 14.8. The highest BCUT2D eigenvalue weighted by atomic mass is 32.2. The standard InChI is InChI=1S/C12H16FN3O3S/c13-11-5-9(12(14)16-17)3-4-10(11)6-15-20(18,19)7-8-1-2-8/h3-5,8,15,17H,1-2,6-7H2,(H2,14,16). The molecule has 1 aliphatic carbocycles. The summed E-state index contributed by atoms with van der Waals surface area (Å²) in [6.45, 7) is -0.114. The minimum Gasteiger partial charge on any atom is -0.409 e. The lowest BCUT2D eigenvalue weighted by atomic mass is 10.1. The van der Waals surface area contributed by atoms with E-state index in [4.69, 9.17) is 10.9 Å². The molecule has 0 amide bonds. The van der Waals surface area contributed by atoms with Crippen molar-refractivity contribution in [1.82, 2.24) is 4.72 Å². The molecule has 1 aromatic rings. The predicted molar refractivity (Wildman–Crippen MR) is 72.3 cm³/mol. The highest BCUT2D eigenvalue weighted by Crippen LogP contribution is 2.30. The summed E-state index contributed by atoms with van der Waals surface area (Å²) >= 11 is 0. The molecule has 20 heavy (non-hydrogen) atoms. The van der Waals surface area contributed by atoms with Crippen LogP contribution in [0.25, 0.3) is 0 Å². The average Bonchev–Trinajstić information content (AvgIpc) is 3.19. The van der Waals surface area contributed by atoms with Crippen molar-refractivity contribution in [2.75, 3.05) is 5.75 Å². The van der Waals surface area contributed by atoms with Gasteiger partial charge in [0.1, 0.15) is 5.82 Å². The summed E-state index contributed by atoms with van der Waals surface area (Å²) in [5.74, 6) is -0.482. The lowest BCUT2D eigenvalue weighted by Gasteiger charge is -2.08. The van der Waals surface area contributed by atoms with Gasteiger partial charge in [0.25, 0.3) is 0 Å². The van der Waals surface area contributed by atoms with Gasteiger partial charge >= 0.3 is 0 Å². The van der Waals surface area contributed by atoms with Crippen LogP contribution in [0.2, 0.25) is 0 Å². The number of oxime groups is 1. The van der Waals surface area contributed by atoms with E-state index in [1.54, 1.807) is 0 Å². The first-order chi connectivity index (χ1) is 9.41. The smallest absolute Gasteiger partial charge is 0.212 e. The van der Waals surface area contributed by atoms with Crippen molar-refractivity contribution < 1.29 is 18.0 Å². The van der Waals surface area contributed by atoms with Crippen LogP contribution in [-0.2, 0) is 16.6 Å². The topological polar surface area (TPSA) is 105 Å². The molecule has 0 aromatic heterocycles. The fraction of sp³-hybridized carbons (Fsp3) is 0.417. The lowest BCUT2D eigenvalue weighted by Crippen LogP contribution is -2.27. The predicted octanol–water partition coefficient (Wildman–Crippen LogP) is 0.750. The highest BCUT2D eigenvalue weighted by molar-refractivity contribution is 7.89. The van der Waals surface area contributed by atoms with Crippen LogP contribution in [0.15, 0.2) is 23.4 Å². The van der Waals surface area contributed by atoms with E-state index in [-0.39, 0.29) is 35.2 Å². The van der Waals surface area contributed by atoms with Gasteiger partial charge in [-0.2, -0.15) is 0 Å². The normalized spacial score (nSPS) is 16.4. The maximum atomic E-state index is 13.8. The first kappa shape index (κ1) is 14.7. The van der Waals surface area contributed by atoms with E-state index in [9.17, 15) is 12.8 Å². The summed E-state index contributed by atoms with van der Waals surface area (Å²) < 4.78 is 39.5. The Labute approximate surface area is 116 Å². The van der Waals surface area contributed by atoms with Crippen molar-refractivity contribution in [3.05, 3.63) is 35.1 Å². The van der Waals surface area contributed by atoms with Crippen molar-refractivity contribution in [2.45, 2.75) is 19.4 Å². The Hall–Kier alpha value is -1.67. The van der Waals surface area contributed by atoms with E-state index in [2.05, 4.69) is 9.88 Å². The molecule has 110 valence electrons. The molecule has 6 nitrogen and oxygen atoms in total. The van der Waals surface area contributed by atoms with Crippen molar-refractivity contribution in [2.24, 2.45) is 16.8 Å². The number of nitrogens with two attached hydrogens (primary N) is 1. The van der Waals surface area contributed by atoms with Crippen molar-refractivity contribution >= 4 is 15.9 Å². The van der Waals surface area contributed by atoms with Crippen LogP contribution in [0.1, 0.15) is 24.0 Å². The van der Waals surface area contributed by atoms with E-state index < -0.39 is 15.8 Å². The minimum atomic E-state index is -3.37. The SMILES string of the molecule is NC(=NO)c1ccc(CNS(=O)(=O)CC2CC2)c(F)c1. The van der Waals surface area contributed by atoms with Crippen LogP contribution in [0.3, 0.4) is 0 Å². The summed E-state index contributed by atoms with van der Waals surface area (Å²) in [7, 11) is -3.37. The second-order valence-electron chi connectivity index (χ2n) is 4.84. The summed E-state index contributed by atoms with van der Waals surface area (Å²) in [4.78, 5) is 0. The van der Waals surface area contributed by atoms with Crippen molar-refractivity contribution in [3.8, 4) is 0 Å². The maximum Gasteiger partial charge on any atom is 0.212 e. The Kier molecular flexibility index (Phi) is 4.24. The summed E-state index contributed by atoms with van der Waals surface area (Å²) in [6, 6.07) is 3.96. The molecule has 8 heteroatoms. The molecule has 1 saturated carbocycles. The van der Waals surface area contributed by atoms with Gasteiger partial charge in [0.05, 0.1) is 5.75 Å². The molecule has 0 radical (unpaired) electrons. The van der Waals surface area contributed by atoms with Gasteiger partial charge < -0.3 is 10.9 Å². The molecule has 1 aliphatic rings. The number of nitrogens with zero attached hydrogens (tertiary/aromatic N) is 1. The van der Waals surface area contributed by atoms with Gasteiger partial charge in [0, 0.05) is 17.7 Å². The molecule has 0 saturated heterocycles. The first-order valence-electron chi connectivity index (χ1n) is 6.15. The van der Waals surface area contributed by atoms with Crippen molar-refractivity contribution in [1.29, 1.82) is 0 Å². The third-order valence-corrected chi connectivity index (χ3v) is 4.59. The molecule has 0 spiro atoms. The minimum absolute atomic E-state index is 0.0941. The fourth-order valence-corrected chi connectivity index (χ4v) is 3.20. The number of sulfonamides is 1. The van der Waals surface area contributed by atoms with E-state index in [0.717, 1.165) is 18.9 Å². The molecule has 2 rings (SSSR count). The van der Waals surface area contributed by atoms with Gasteiger partial charge in [-0.25, -0.2) is 17.5 Å². The molecule has 4 N–H and O–H groups in total. The number of hydrogen-bond acceptors (Lipinski definition) is 4. The van der Waals surface area contributed by atoms with Gasteiger partial charge in [-0.15, -0.1) is 0 Å². The van der Waals surface area contributed by atoms with Crippen LogP contribution in [0.4, 0.5) is 4.39 Å². The molecule has 0 heterocycles. The third-order valence-electron chi connectivity index (χ3n) is 3.09. The third kappa shape index (κ3) is 3.91. The van der Waals surface area contributed by atoms with Gasteiger partial charge in [0.15, 0.2) is 5.84 Å². The van der Waals surface area contributed by atoms with Crippen molar-refractivity contribution in [3.63, 3.8) is 0 Å². The average molecular weight is 301 g/mol. The zero-order valence-electron chi connectivity index (χ0n) is 10.7. The van der Waals surface area contributed by atoms with Gasteiger partial charge in [-0.1, -0.05) is 17.3 Å². The highest BCUT2D eigenvalue weighted by Gasteiger charge is 2.27. The lowest BCUT2D eigenvalue weighted by molar-refractivity contribution is 0.318. The van der Waals surface area contributed by atoms with Crippen LogP contribution >= 0.6 is 0 Å². The van der Waals surface area contributed by atoms with E-state index in [0.29, 0.717) is 0 Å². The zero-order valence-corrected chi connectivity index (χ0v) is 11.5. The Morgan fingerprint density at radius 1 is 1.50 bits per heavy atom. The Balaban J connectivity index is 2.02. The summed E-state index contributed by atoms with van der Waals surface area (Å²) in [5, 5.41) is 11.3. The maximum absolute atomic E-state index is 13.8. The second kappa shape index (κ2) is 5.76. The van der Waals surface area contributed by atoms with Gasteiger partial charge in [-0.3, -0.25) is 0 Å². The number of hydrogen-bond donors (Lipinski definition) is 3. The number of nitrogens with one attached hydrogen (secondary N) is 1. The number of rotatable bonds is 6. The molecule has 0 atom stereocenters. The molecule has 1 aromatic carbocycles. The number of amidine groups is 1. The molecular formula is C12H16FN3O3S. The molecular weight excluding hydrogens is 285 g/mol. The molecule has 0 unspecified atom stereocenters. The van der Waals surface area contributed by atoms with E-state index in [1.165, 1.54) is 12.1 Å². The Morgan fingerprint density at radius 2 is 2.20 bits per heavy atom. The summed E-state index contributed by atoms with van der Waals surface area (Å²) in [6.07, 6.45) is 1.87. The number of halogens is 1. The van der Waals surface area contributed by atoms with Gasteiger partial charge in [0.2, 0.25) is 10.0 Å². The Morgan fingerprint density at radius 3 is 2.75 bits per heavy atom. The molecule has 0 bridgehead atoms. The van der Waals surface area contributed by atoms with E-state index in [1.807, 2.05) is 0 Å². The second-order valence-corrected chi connectivity index (χ2v) is 6.69.